The number of halogens is 3. The highest BCUT2D eigenvalue weighted by Gasteiger charge is 2.53. The number of rotatable bonds is 3. The number of oxime groups is 1. The zero-order chi connectivity index (χ0) is 26.9. The zero-order valence-corrected chi connectivity index (χ0v) is 21.8. The maximum atomic E-state index is 13.2. The number of alkyl halides is 3. The number of ether oxygens (including phenoxy) is 1. The van der Waals surface area contributed by atoms with E-state index in [0.29, 0.717) is 61.9 Å². The van der Waals surface area contributed by atoms with Crippen molar-refractivity contribution in [1.29, 1.82) is 0 Å². The summed E-state index contributed by atoms with van der Waals surface area (Å²) in [5.74, 6) is 0.616. The molecule has 1 spiro atoms. The fourth-order valence-corrected chi connectivity index (χ4v) is 6.77. The number of anilines is 1. The molecule has 0 aliphatic carbocycles. The average molecular weight is 549 g/mol. The predicted molar refractivity (Wildman–Crippen MR) is 135 cm³/mol. The van der Waals surface area contributed by atoms with E-state index >= 15 is 0 Å². The van der Waals surface area contributed by atoms with Crippen molar-refractivity contribution in [3.05, 3.63) is 64.5 Å². The van der Waals surface area contributed by atoms with Gasteiger partial charge in [0.2, 0.25) is 15.7 Å². The number of hydrogen-bond donors (Lipinski definition) is 0. The van der Waals surface area contributed by atoms with E-state index in [1.54, 1.807) is 12.1 Å². The third kappa shape index (κ3) is 4.14. The van der Waals surface area contributed by atoms with Gasteiger partial charge in [-0.05, 0) is 43.2 Å². The van der Waals surface area contributed by atoms with Crippen molar-refractivity contribution >= 4 is 27.6 Å². The number of amidine groups is 1. The number of fused-ring (bicyclic) bond motifs is 2. The third-order valence-corrected chi connectivity index (χ3v) is 9.05. The first-order chi connectivity index (χ1) is 17.9. The minimum absolute atomic E-state index is 0.199. The normalized spacial score (nSPS) is 28.0. The molecule has 38 heavy (non-hydrogen) atoms. The number of aromatic nitrogens is 1. The van der Waals surface area contributed by atoms with Crippen LogP contribution in [-0.2, 0) is 37.9 Å². The number of hydrogen-bond acceptors (Lipinski definition) is 7. The van der Waals surface area contributed by atoms with Crippen LogP contribution in [0.25, 0.3) is 6.08 Å². The van der Waals surface area contributed by atoms with E-state index in [0.717, 1.165) is 29.8 Å². The van der Waals surface area contributed by atoms with Crippen molar-refractivity contribution in [2.75, 3.05) is 36.9 Å². The summed E-state index contributed by atoms with van der Waals surface area (Å²) in [4.78, 5) is 12.7. The summed E-state index contributed by atoms with van der Waals surface area (Å²) in [7, 11) is -3.37. The maximum absolute atomic E-state index is 13.2. The molecule has 6 rings (SSSR count). The third-order valence-electron chi connectivity index (χ3n) is 7.87. The van der Waals surface area contributed by atoms with Crippen molar-refractivity contribution < 1.29 is 31.2 Å². The van der Waals surface area contributed by atoms with Crippen LogP contribution in [0.15, 0.2) is 47.1 Å². The first kappa shape index (κ1) is 25.2. The molecule has 202 valence electrons. The lowest BCUT2D eigenvalue weighted by Gasteiger charge is -2.45. The lowest BCUT2D eigenvalue weighted by atomic mass is 9.75. The molecule has 2 atom stereocenters. The molecule has 0 radical (unpaired) electrons. The Morgan fingerprint density at radius 3 is 2.55 bits per heavy atom. The fourth-order valence-electron chi connectivity index (χ4n) is 5.82. The fraction of sp³-hybridized carbons (Fsp3) is 0.462. The van der Waals surface area contributed by atoms with Crippen LogP contribution in [0.5, 0.6) is 0 Å². The monoisotopic (exact) mass is 548 g/mol. The number of nitrogens with zero attached hydrogens (tertiary/aromatic N) is 4. The van der Waals surface area contributed by atoms with Gasteiger partial charge in [-0.15, -0.1) is 0 Å². The summed E-state index contributed by atoms with van der Waals surface area (Å²) in [6.45, 7) is 3.94. The molecular weight excluding hydrogens is 521 g/mol. The van der Waals surface area contributed by atoms with Gasteiger partial charge in [0.05, 0.1) is 35.5 Å². The van der Waals surface area contributed by atoms with E-state index < -0.39 is 27.5 Å². The summed E-state index contributed by atoms with van der Waals surface area (Å²) in [6.07, 6.45) is 0.742. The van der Waals surface area contributed by atoms with E-state index in [2.05, 4.69) is 5.16 Å². The Hall–Kier alpha value is -3.12. The lowest BCUT2D eigenvalue weighted by Crippen LogP contribution is -2.53. The molecule has 0 amide bonds. The van der Waals surface area contributed by atoms with Crippen LogP contribution in [-0.4, -0.2) is 56.7 Å². The van der Waals surface area contributed by atoms with Crippen molar-refractivity contribution in [2.24, 2.45) is 10.6 Å². The smallest absolute Gasteiger partial charge is 0.381 e. The molecular formula is C26H27F3N4O4S. The largest absolute Gasteiger partial charge is 0.416 e. The second kappa shape index (κ2) is 8.44. The van der Waals surface area contributed by atoms with Crippen LogP contribution in [0, 0.1) is 5.41 Å². The molecule has 2 saturated heterocycles. The quantitative estimate of drug-likeness (QED) is 0.574. The highest BCUT2D eigenvalue weighted by molar-refractivity contribution is 7.92. The molecule has 5 heterocycles. The molecule has 1 aromatic carbocycles. The van der Waals surface area contributed by atoms with Crippen LogP contribution >= 0.6 is 0 Å². The van der Waals surface area contributed by atoms with Gasteiger partial charge in [0.1, 0.15) is 0 Å². The van der Waals surface area contributed by atoms with E-state index in [-0.39, 0.29) is 5.41 Å². The Bertz CT molecular complexity index is 1450. The van der Waals surface area contributed by atoms with Gasteiger partial charge in [0.25, 0.3) is 0 Å². The lowest BCUT2D eigenvalue weighted by molar-refractivity contribution is -0.137. The predicted octanol–water partition coefficient (Wildman–Crippen LogP) is 4.13. The van der Waals surface area contributed by atoms with Crippen LogP contribution in [0.3, 0.4) is 0 Å². The standard InChI is InChI=1S/C26H27F3N4O4S/c1-24(18-3-5-19(6-4-18)26(27,28)29)32-15-25(10-12-36-16-25)14-17(23(32)31-37-24)13-20-7-8-22-21(30-20)9-11-33(22)38(2,34)35/h3-8,13H,9-12,14-16H2,1-2H3. The van der Waals surface area contributed by atoms with Crippen LogP contribution in [0.1, 0.15) is 42.3 Å². The topological polar surface area (TPSA) is 84.3 Å². The molecule has 0 saturated carbocycles. The van der Waals surface area contributed by atoms with Crippen molar-refractivity contribution in [3.63, 3.8) is 0 Å². The SMILES string of the molecule is CC1(c2ccc(C(F)(F)F)cc2)ON=C2C(=Cc3ccc4c(n3)CCN4S(C)(=O)=O)CC3(CCOC3)CN21. The Morgan fingerprint density at radius 1 is 1.13 bits per heavy atom. The van der Waals surface area contributed by atoms with E-state index in [4.69, 9.17) is 14.6 Å². The molecule has 2 aromatic rings. The van der Waals surface area contributed by atoms with Crippen LogP contribution < -0.4 is 4.31 Å². The summed E-state index contributed by atoms with van der Waals surface area (Å²) in [6, 6.07) is 8.56. The first-order valence-corrected chi connectivity index (χ1v) is 14.2. The Morgan fingerprint density at radius 2 is 1.89 bits per heavy atom. The van der Waals surface area contributed by atoms with Gasteiger partial charge in [-0.2, -0.15) is 13.2 Å². The van der Waals surface area contributed by atoms with Gasteiger partial charge < -0.3 is 14.5 Å². The maximum Gasteiger partial charge on any atom is 0.416 e. The highest BCUT2D eigenvalue weighted by atomic mass is 32.2. The molecule has 12 heteroatoms. The Labute approximate surface area is 218 Å². The molecule has 4 aliphatic rings. The molecule has 2 unspecified atom stereocenters. The summed E-state index contributed by atoms with van der Waals surface area (Å²) in [5.41, 5.74) is 1.44. The molecule has 2 fully saturated rings. The average Bonchev–Trinajstić information content (AvgIpc) is 3.57. The Balaban J connectivity index is 1.36. The van der Waals surface area contributed by atoms with E-state index in [1.807, 2.05) is 17.9 Å². The van der Waals surface area contributed by atoms with Gasteiger partial charge >= 0.3 is 6.18 Å². The highest BCUT2D eigenvalue weighted by Crippen LogP contribution is 2.48. The molecule has 1 aromatic heterocycles. The van der Waals surface area contributed by atoms with E-state index in [1.165, 1.54) is 22.7 Å². The van der Waals surface area contributed by atoms with Crippen LogP contribution in [0.4, 0.5) is 18.9 Å². The number of pyridine rings is 1. The molecule has 8 nitrogen and oxygen atoms in total. The second-order valence-electron chi connectivity index (χ2n) is 10.6. The van der Waals surface area contributed by atoms with Gasteiger partial charge in [-0.1, -0.05) is 17.3 Å². The van der Waals surface area contributed by atoms with Gasteiger partial charge in [0, 0.05) is 49.6 Å². The van der Waals surface area contributed by atoms with Crippen molar-refractivity contribution in [2.45, 2.75) is 38.1 Å². The minimum Gasteiger partial charge on any atom is -0.381 e. The number of sulfonamides is 1. The van der Waals surface area contributed by atoms with Crippen molar-refractivity contribution in [1.82, 2.24) is 9.88 Å². The molecule has 4 aliphatic heterocycles. The summed E-state index contributed by atoms with van der Waals surface area (Å²) < 4.78 is 70.8. The zero-order valence-electron chi connectivity index (χ0n) is 21.0. The number of benzene rings is 1. The van der Waals surface area contributed by atoms with Gasteiger partial charge in [0.15, 0.2) is 5.84 Å². The minimum atomic E-state index is -4.43. The first-order valence-electron chi connectivity index (χ1n) is 12.4. The van der Waals surface area contributed by atoms with Crippen LogP contribution in [0.2, 0.25) is 0 Å². The Kier molecular flexibility index (Phi) is 5.59. The number of piperidine rings is 1. The summed E-state index contributed by atoms with van der Waals surface area (Å²) >= 11 is 0. The second-order valence-corrected chi connectivity index (χ2v) is 12.5. The van der Waals surface area contributed by atoms with Crippen molar-refractivity contribution in [3.8, 4) is 0 Å². The van der Waals surface area contributed by atoms with E-state index in [9.17, 15) is 21.6 Å². The molecule has 0 N–H and O–H groups in total. The summed E-state index contributed by atoms with van der Waals surface area (Å²) in [5, 5.41) is 4.40. The van der Waals surface area contributed by atoms with Gasteiger partial charge in [-0.3, -0.25) is 9.29 Å². The van der Waals surface area contributed by atoms with Gasteiger partial charge in [-0.25, -0.2) is 8.42 Å². The molecule has 0 bridgehead atoms.